The first-order valence-corrected chi connectivity index (χ1v) is 10.8. The summed E-state index contributed by atoms with van der Waals surface area (Å²) in [6, 6.07) is 13.0. The highest BCUT2D eigenvalue weighted by molar-refractivity contribution is 5.94. The fourth-order valence-corrected chi connectivity index (χ4v) is 3.06. The maximum atomic E-state index is 12.2. The Balaban J connectivity index is 1.45. The second kappa shape index (κ2) is 12.3. The van der Waals surface area contributed by atoms with Gasteiger partial charge in [-0.3, -0.25) is 14.9 Å². The number of aromatic amines is 1. The van der Waals surface area contributed by atoms with Crippen LogP contribution in [-0.4, -0.2) is 33.9 Å². The minimum absolute atomic E-state index is 0.338. The summed E-state index contributed by atoms with van der Waals surface area (Å²) >= 11 is 0. The van der Waals surface area contributed by atoms with Crippen LogP contribution in [0.2, 0.25) is 0 Å². The number of benzene rings is 1. The third-order valence-corrected chi connectivity index (χ3v) is 4.83. The van der Waals surface area contributed by atoms with E-state index in [4.69, 9.17) is 4.74 Å². The fraction of sp³-hybridized carbons (Fsp3) is 0.333. The number of nitrogens with one attached hydrogen (secondary N) is 2. The smallest absolute Gasteiger partial charge is 0.289 e. The Morgan fingerprint density at radius 3 is 2.58 bits per heavy atom. The molecule has 1 aromatic carbocycles. The molecule has 0 fully saturated rings. The first kappa shape index (κ1) is 22.2. The number of nitrogens with zero attached hydrogens (tertiary/aromatic N) is 3. The minimum atomic E-state index is -0.358. The highest BCUT2D eigenvalue weighted by atomic mass is 16.5. The summed E-state index contributed by atoms with van der Waals surface area (Å²) in [6.07, 6.45) is 12.3. The van der Waals surface area contributed by atoms with Crippen LogP contribution in [0.4, 0.5) is 0 Å². The lowest BCUT2D eigenvalue weighted by Crippen LogP contribution is -2.17. The molecule has 2 aromatic heterocycles. The van der Waals surface area contributed by atoms with Crippen LogP contribution in [0.25, 0.3) is 11.3 Å². The number of rotatable bonds is 12. The maximum absolute atomic E-state index is 12.2. The number of ether oxygens (including phenoxy) is 1. The molecule has 0 aliphatic heterocycles. The van der Waals surface area contributed by atoms with Gasteiger partial charge in [0.15, 0.2) is 0 Å². The topological polar surface area (TPSA) is 92.3 Å². The van der Waals surface area contributed by atoms with Crippen LogP contribution in [0, 0.1) is 0 Å². The largest absolute Gasteiger partial charge is 0.494 e. The summed E-state index contributed by atoms with van der Waals surface area (Å²) in [5, 5.41) is 10.9. The van der Waals surface area contributed by atoms with Gasteiger partial charge in [-0.05, 0) is 54.4 Å². The molecule has 3 rings (SSSR count). The van der Waals surface area contributed by atoms with E-state index in [1.807, 2.05) is 24.3 Å². The molecule has 162 valence electrons. The normalized spacial score (nSPS) is 11.0. The molecule has 3 aromatic rings. The summed E-state index contributed by atoms with van der Waals surface area (Å²) < 4.78 is 5.82. The van der Waals surface area contributed by atoms with E-state index in [-0.39, 0.29) is 5.91 Å². The van der Waals surface area contributed by atoms with Gasteiger partial charge in [0.2, 0.25) is 0 Å². The fourth-order valence-electron chi connectivity index (χ4n) is 3.06. The van der Waals surface area contributed by atoms with Crippen molar-refractivity contribution in [1.82, 2.24) is 20.6 Å². The number of unbranched alkanes of at least 4 members (excludes halogenated alkanes) is 5. The molecular weight excluding hydrogens is 390 g/mol. The molecule has 0 saturated carbocycles. The van der Waals surface area contributed by atoms with Crippen molar-refractivity contribution in [1.29, 1.82) is 0 Å². The number of carbonyl (C=O) groups excluding carboxylic acids is 1. The Morgan fingerprint density at radius 2 is 1.81 bits per heavy atom. The molecule has 0 aliphatic rings. The number of amides is 1. The lowest BCUT2D eigenvalue weighted by Gasteiger charge is -2.06. The second-order valence-electron chi connectivity index (χ2n) is 7.29. The summed E-state index contributed by atoms with van der Waals surface area (Å²) in [5.41, 5.74) is 5.26. The van der Waals surface area contributed by atoms with Crippen molar-refractivity contribution >= 4 is 12.1 Å². The second-order valence-corrected chi connectivity index (χ2v) is 7.29. The minimum Gasteiger partial charge on any atom is -0.494 e. The quantitative estimate of drug-likeness (QED) is 0.246. The van der Waals surface area contributed by atoms with Crippen LogP contribution in [0.5, 0.6) is 5.75 Å². The Hall–Kier alpha value is -3.48. The van der Waals surface area contributed by atoms with Crippen LogP contribution < -0.4 is 10.2 Å². The van der Waals surface area contributed by atoms with Gasteiger partial charge >= 0.3 is 0 Å². The molecule has 2 heterocycles. The molecule has 0 aliphatic carbocycles. The molecule has 0 unspecified atom stereocenters. The number of hydrogen-bond donors (Lipinski definition) is 2. The first-order valence-electron chi connectivity index (χ1n) is 10.8. The van der Waals surface area contributed by atoms with Crippen LogP contribution in [0.3, 0.4) is 0 Å². The van der Waals surface area contributed by atoms with Crippen molar-refractivity contribution in [3.63, 3.8) is 0 Å². The average Bonchev–Trinajstić information content (AvgIpc) is 3.30. The standard InChI is InChI=1S/C24H29N5O2/c1-2-3-4-5-6-7-16-31-21-10-8-20(9-11-21)22-17-23(28-27-22)24(30)29-26-18-19-12-14-25-15-13-19/h8-15,17-18H,2-7,16H2,1H3,(H,27,28)(H,29,30)/b26-18+. The molecule has 7 heteroatoms. The van der Waals surface area contributed by atoms with Gasteiger partial charge in [-0.15, -0.1) is 0 Å². The van der Waals surface area contributed by atoms with Gasteiger partial charge in [0.25, 0.3) is 5.91 Å². The molecule has 2 N–H and O–H groups in total. The average molecular weight is 420 g/mol. The van der Waals surface area contributed by atoms with Crippen molar-refractivity contribution in [3.05, 3.63) is 66.1 Å². The molecular formula is C24H29N5O2. The van der Waals surface area contributed by atoms with E-state index in [0.717, 1.165) is 29.9 Å². The monoisotopic (exact) mass is 419 g/mol. The zero-order valence-electron chi connectivity index (χ0n) is 17.9. The van der Waals surface area contributed by atoms with Gasteiger partial charge in [0.1, 0.15) is 11.4 Å². The van der Waals surface area contributed by atoms with E-state index < -0.39 is 0 Å². The predicted molar refractivity (Wildman–Crippen MR) is 122 cm³/mol. The number of aromatic nitrogens is 3. The van der Waals surface area contributed by atoms with Gasteiger partial charge in [0.05, 0.1) is 18.5 Å². The third-order valence-electron chi connectivity index (χ3n) is 4.83. The van der Waals surface area contributed by atoms with Crippen LogP contribution in [-0.2, 0) is 0 Å². The number of carbonyl (C=O) groups is 1. The van der Waals surface area contributed by atoms with Gasteiger partial charge in [0, 0.05) is 18.0 Å². The van der Waals surface area contributed by atoms with Crippen molar-refractivity contribution in [2.24, 2.45) is 5.10 Å². The molecule has 7 nitrogen and oxygen atoms in total. The lowest BCUT2D eigenvalue weighted by atomic mass is 10.1. The number of pyridine rings is 1. The molecule has 31 heavy (non-hydrogen) atoms. The van der Waals surface area contributed by atoms with Gasteiger partial charge in [-0.2, -0.15) is 10.2 Å². The van der Waals surface area contributed by atoms with Crippen molar-refractivity contribution in [3.8, 4) is 17.0 Å². The van der Waals surface area contributed by atoms with E-state index in [9.17, 15) is 4.79 Å². The molecule has 0 bridgehead atoms. The lowest BCUT2D eigenvalue weighted by molar-refractivity contribution is 0.0950. The van der Waals surface area contributed by atoms with Crippen molar-refractivity contribution in [2.45, 2.75) is 45.4 Å². The van der Waals surface area contributed by atoms with Crippen LogP contribution in [0.15, 0.2) is 60.0 Å². The summed E-state index contributed by atoms with van der Waals surface area (Å²) in [5.74, 6) is 0.485. The van der Waals surface area contributed by atoms with Gasteiger partial charge in [-0.25, -0.2) is 5.43 Å². The zero-order chi connectivity index (χ0) is 21.7. The number of H-pyrrole nitrogens is 1. The zero-order valence-corrected chi connectivity index (χ0v) is 17.9. The summed E-state index contributed by atoms with van der Waals surface area (Å²) in [7, 11) is 0. The summed E-state index contributed by atoms with van der Waals surface area (Å²) in [6.45, 7) is 2.96. The number of hydrazone groups is 1. The molecule has 0 saturated heterocycles. The van der Waals surface area contributed by atoms with Gasteiger partial charge < -0.3 is 4.74 Å². The maximum Gasteiger partial charge on any atom is 0.289 e. The van der Waals surface area contributed by atoms with E-state index in [0.29, 0.717) is 11.4 Å². The van der Waals surface area contributed by atoms with Crippen molar-refractivity contribution in [2.75, 3.05) is 6.61 Å². The molecule has 1 amide bonds. The van der Waals surface area contributed by atoms with E-state index in [1.165, 1.54) is 32.1 Å². The molecule has 0 atom stereocenters. The third kappa shape index (κ3) is 7.37. The number of hydrogen-bond acceptors (Lipinski definition) is 5. The molecule has 0 spiro atoms. The first-order chi connectivity index (χ1) is 15.3. The van der Waals surface area contributed by atoms with E-state index in [2.05, 4.69) is 32.6 Å². The predicted octanol–water partition coefficient (Wildman–Crippen LogP) is 4.97. The Kier molecular flexibility index (Phi) is 8.79. The Labute approximate surface area is 183 Å². The highest BCUT2D eigenvalue weighted by Gasteiger charge is 2.10. The van der Waals surface area contributed by atoms with Crippen LogP contribution in [0.1, 0.15) is 61.5 Å². The van der Waals surface area contributed by atoms with Crippen molar-refractivity contribution < 1.29 is 9.53 Å². The molecule has 0 radical (unpaired) electrons. The Morgan fingerprint density at radius 1 is 1.06 bits per heavy atom. The highest BCUT2D eigenvalue weighted by Crippen LogP contribution is 2.21. The van der Waals surface area contributed by atoms with E-state index in [1.54, 1.807) is 36.8 Å². The van der Waals surface area contributed by atoms with Crippen LogP contribution >= 0.6 is 0 Å². The summed E-state index contributed by atoms with van der Waals surface area (Å²) in [4.78, 5) is 16.2. The SMILES string of the molecule is CCCCCCCCOc1ccc(-c2cc(C(=O)N/N=C/c3ccncc3)[nH]n2)cc1. The van der Waals surface area contributed by atoms with Gasteiger partial charge in [-0.1, -0.05) is 39.0 Å². The Bertz CT molecular complexity index is 952. The van der Waals surface area contributed by atoms with E-state index >= 15 is 0 Å².